The topological polar surface area (TPSA) is 104 Å². The van der Waals surface area contributed by atoms with Gasteiger partial charge in [0.25, 0.3) is 5.56 Å². The number of nitrogens with two attached hydrogens (primary N) is 1. The Hall–Kier alpha value is -2.22. The van der Waals surface area contributed by atoms with Crippen molar-refractivity contribution in [3.05, 3.63) is 26.6 Å². The third-order valence-electron chi connectivity index (χ3n) is 3.50. The Morgan fingerprint density at radius 2 is 1.87 bits per heavy atom. The molecule has 0 bridgehead atoms. The molecule has 1 unspecified atom stereocenters. The minimum Gasteiger partial charge on any atom is -0.459 e. The number of hydrogen-bond donors (Lipinski definition) is 1. The van der Waals surface area contributed by atoms with E-state index in [9.17, 15) is 14.4 Å². The van der Waals surface area contributed by atoms with Gasteiger partial charge in [-0.2, -0.15) is 0 Å². The molecule has 0 aliphatic carbocycles. The molecule has 0 fully saturated rings. The third-order valence-corrected chi connectivity index (χ3v) is 4.67. The van der Waals surface area contributed by atoms with Crippen LogP contribution >= 0.6 is 11.3 Å². The number of amides is 1. The maximum Gasteiger partial charge on any atom is 0.348 e. The molecule has 2 heterocycles. The maximum absolute atomic E-state index is 12.7. The first kappa shape index (κ1) is 17.1. The molecule has 2 aromatic heterocycles. The Morgan fingerprint density at radius 3 is 2.39 bits per heavy atom. The number of aromatic nitrogens is 2. The zero-order valence-electron chi connectivity index (χ0n) is 13.7. The van der Waals surface area contributed by atoms with Crippen LogP contribution in [0.4, 0.5) is 0 Å². The molecular weight excluding hydrogens is 318 g/mol. The van der Waals surface area contributed by atoms with Crippen molar-refractivity contribution in [1.82, 2.24) is 9.55 Å². The lowest BCUT2D eigenvalue weighted by molar-refractivity contribution is -0.120. The highest BCUT2D eigenvalue weighted by Crippen LogP contribution is 2.28. The number of primary amides is 1. The van der Waals surface area contributed by atoms with E-state index in [1.165, 1.54) is 4.57 Å². The van der Waals surface area contributed by atoms with Gasteiger partial charge >= 0.3 is 5.97 Å². The van der Waals surface area contributed by atoms with Crippen molar-refractivity contribution in [1.29, 1.82) is 0 Å². The molecule has 23 heavy (non-hydrogen) atoms. The Bertz CT molecular complexity index is 851. The summed E-state index contributed by atoms with van der Waals surface area (Å²) in [7, 11) is 0. The molecule has 0 aliphatic rings. The normalized spacial score (nSPS) is 12.6. The molecule has 0 spiro atoms. The van der Waals surface area contributed by atoms with Crippen LogP contribution in [0.25, 0.3) is 10.2 Å². The van der Waals surface area contributed by atoms with Crippen LogP contribution in [0.15, 0.2) is 4.79 Å². The average Bonchev–Trinajstić information content (AvgIpc) is 2.74. The number of nitrogens with zero attached hydrogens (tertiary/aromatic N) is 2. The van der Waals surface area contributed by atoms with Gasteiger partial charge in [-0.05, 0) is 40.2 Å². The predicted octanol–water partition coefficient (Wildman–Crippen LogP) is 1.69. The fourth-order valence-corrected chi connectivity index (χ4v) is 3.44. The first-order chi connectivity index (χ1) is 10.6. The molecule has 0 saturated carbocycles. The lowest BCUT2D eigenvalue weighted by Gasteiger charge is -2.14. The summed E-state index contributed by atoms with van der Waals surface area (Å²) in [6, 6.07) is -0.815. The van der Waals surface area contributed by atoms with Gasteiger partial charge in [0.15, 0.2) is 0 Å². The van der Waals surface area contributed by atoms with Crippen molar-refractivity contribution in [2.24, 2.45) is 5.73 Å². The predicted molar refractivity (Wildman–Crippen MR) is 87.8 cm³/mol. The van der Waals surface area contributed by atoms with Crippen LogP contribution in [-0.4, -0.2) is 27.5 Å². The second kappa shape index (κ2) is 6.11. The number of carbonyl (C=O) groups excluding carboxylic acids is 2. The van der Waals surface area contributed by atoms with Crippen LogP contribution in [0, 0.1) is 13.8 Å². The van der Waals surface area contributed by atoms with Crippen molar-refractivity contribution in [3.8, 4) is 0 Å². The Kier molecular flexibility index (Phi) is 4.56. The standard InChI is InChI=1S/C15H19N3O4S/c1-6(2)22-15(21)11-7(3)10-13(23-11)17-9(5)18(14(10)20)8(4)12(16)19/h6,8H,1-5H3,(H2,16,19). The van der Waals surface area contributed by atoms with Gasteiger partial charge in [0, 0.05) is 0 Å². The smallest absolute Gasteiger partial charge is 0.348 e. The number of fused-ring (bicyclic) bond motifs is 1. The highest BCUT2D eigenvalue weighted by molar-refractivity contribution is 7.20. The van der Waals surface area contributed by atoms with Gasteiger partial charge in [-0.25, -0.2) is 9.78 Å². The van der Waals surface area contributed by atoms with E-state index in [2.05, 4.69) is 4.98 Å². The first-order valence-electron chi connectivity index (χ1n) is 7.17. The molecule has 1 amide bonds. The van der Waals surface area contributed by atoms with Gasteiger partial charge < -0.3 is 10.5 Å². The molecule has 2 aromatic rings. The summed E-state index contributed by atoms with van der Waals surface area (Å²) in [6.45, 7) is 8.35. The van der Waals surface area contributed by atoms with E-state index in [1.807, 2.05) is 0 Å². The molecule has 0 saturated heterocycles. The summed E-state index contributed by atoms with van der Waals surface area (Å²) >= 11 is 1.12. The largest absolute Gasteiger partial charge is 0.459 e. The van der Waals surface area contributed by atoms with Gasteiger partial charge in [0.05, 0.1) is 11.5 Å². The van der Waals surface area contributed by atoms with Gasteiger partial charge in [-0.1, -0.05) is 0 Å². The van der Waals surface area contributed by atoms with E-state index in [0.29, 0.717) is 26.5 Å². The Labute approximate surface area is 137 Å². The lowest BCUT2D eigenvalue weighted by Crippen LogP contribution is -2.34. The monoisotopic (exact) mass is 337 g/mol. The maximum atomic E-state index is 12.7. The molecular formula is C15H19N3O4S. The SMILES string of the molecule is Cc1c(C(=O)OC(C)C)sc2nc(C)n(C(C)C(N)=O)c(=O)c12. The Morgan fingerprint density at radius 1 is 1.26 bits per heavy atom. The van der Waals surface area contributed by atoms with E-state index >= 15 is 0 Å². The van der Waals surface area contributed by atoms with Gasteiger partial charge in [-0.3, -0.25) is 14.2 Å². The third kappa shape index (κ3) is 2.98. The van der Waals surface area contributed by atoms with Crippen LogP contribution in [0.1, 0.15) is 47.9 Å². The summed E-state index contributed by atoms with van der Waals surface area (Å²) in [5, 5.41) is 0.324. The zero-order valence-corrected chi connectivity index (χ0v) is 14.5. The number of rotatable bonds is 4. The van der Waals surface area contributed by atoms with Crippen LogP contribution in [-0.2, 0) is 9.53 Å². The number of hydrogen-bond acceptors (Lipinski definition) is 6. The first-order valence-corrected chi connectivity index (χ1v) is 7.99. The van der Waals surface area contributed by atoms with Crippen molar-refractivity contribution in [2.75, 3.05) is 0 Å². The molecule has 1 atom stereocenters. The fourth-order valence-electron chi connectivity index (χ4n) is 2.34. The van der Waals surface area contributed by atoms with Gasteiger partial charge in [0.1, 0.15) is 21.6 Å². The zero-order chi connectivity index (χ0) is 17.5. The van der Waals surface area contributed by atoms with Crippen molar-refractivity contribution in [3.63, 3.8) is 0 Å². The minimum absolute atomic E-state index is 0.256. The molecule has 0 aromatic carbocycles. The number of carbonyl (C=O) groups is 2. The highest BCUT2D eigenvalue weighted by Gasteiger charge is 2.24. The second-order valence-electron chi connectivity index (χ2n) is 5.60. The number of esters is 1. The summed E-state index contributed by atoms with van der Waals surface area (Å²) in [5.41, 5.74) is 5.43. The number of ether oxygens (including phenoxy) is 1. The quantitative estimate of drug-likeness (QED) is 0.855. The number of aryl methyl sites for hydroxylation is 2. The molecule has 8 heteroatoms. The van der Waals surface area contributed by atoms with E-state index < -0.39 is 17.9 Å². The van der Waals surface area contributed by atoms with Crippen LogP contribution in [0.5, 0.6) is 0 Å². The summed E-state index contributed by atoms with van der Waals surface area (Å²) in [4.78, 5) is 41.5. The van der Waals surface area contributed by atoms with Crippen LogP contribution in [0.3, 0.4) is 0 Å². The van der Waals surface area contributed by atoms with Crippen molar-refractivity contribution >= 4 is 33.4 Å². The fraction of sp³-hybridized carbons (Fsp3) is 0.467. The van der Waals surface area contributed by atoms with E-state index in [4.69, 9.17) is 10.5 Å². The molecule has 7 nitrogen and oxygen atoms in total. The minimum atomic E-state index is -0.815. The van der Waals surface area contributed by atoms with Gasteiger partial charge in [0.2, 0.25) is 5.91 Å². The van der Waals surface area contributed by atoms with Crippen molar-refractivity contribution < 1.29 is 14.3 Å². The van der Waals surface area contributed by atoms with E-state index in [0.717, 1.165) is 11.3 Å². The molecule has 0 radical (unpaired) electrons. The average molecular weight is 337 g/mol. The molecule has 0 aliphatic heterocycles. The molecule has 2 rings (SSSR count). The number of thiophene rings is 1. The molecule has 124 valence electrons. The van der Waals surface area contributed by atoms with Gasteiger partial charge in [-0.15, -0.1) is 11.3 Å². The van der Waals surface area contributed by atoms with Crippen molar-refractivity contribution in [2.45, 2.75) is 46.8 Å². The van der Waals surface area contributed by atoms with Crippen LogP contribution < -0.4 is 11.3 Å². The summed E-state index contributed by atoms with van der Waals surface area (Å²) in [5.74, 6) is -0.727. The molecule has 2 N–H and O–H groups in total. The Balaban J connectivity index is 2.71. The lowest BCUT2D eigenvalue weighted by atomic mass is 10.2. The second-order valence-corrected chi connectivity index (χ2v) is 6.60. The summed E-state index contributed by atoms with van der Waals surface area (Å²) < 4.78 is 6.45. The summed E-state index contributed by atoms with van der Waals surface area (Å²) in [6.07, 6.45) is -0.256. The van der Waals surface area contributed by atoms with E-state index in [1.54, 1.807) is 34.6 Å². The van der Waals surface area contributed by atoms with Crippen LogP contribution in [0.2, 0.25) is 0 Å². The highest BCUT2D eigenvalue weighted by atomic mass is 32.1. The van der Waals surface area contributed by atoms with E-state index in [-0.39, 0.29) is 11.7 Å².